The van der Waals surface area contributed by atoms with Gasteiger partial charge in [-0.05, 0) is 30.7 Å². The maximum atomic E-state index is 10.7. The van der Waals surface area contributed by atoms with E-state index in [1.165, 1.54) is 77.0 Å². The van der Waals surface area contributed by atoms with Gasteiger partial charge in [0.15, 0.2) is 0 Å². The van der Waals surface area contributed by atoms with Crippen LogP contribution >= 0.6 is 0 Å². The zero-order valence-electron chi connectivity index (χ0n) is 35.6. The molecule has 334 valence electrons. The average molecular weight is 817 g/mol. The topological polar surface area (TPSA) is 128 Å². The SMILES string of the molecule is CCCCCCCCCCCCCCCOCCOCCOCCOCCOCCOCCOCCOCCOCCOCCOCCOc1ccc(C=O)cc1. The summed E-state index contributed by atoms with van der Waals surface area (Å²) in [5.74, 6) is 0.706. The van der Waals surface area contributed by atoms with E-state index in [9.17, 15) is 4.79 Å². The summed E-state index contributed by atoms with van der Waals surface area (Å²) in [4.78, 5) is 10.7. The third kappa shape index (κ3) is 42.2. The highest BCUT2D eigenvalue weighted by Gasteiger charge is 1.99. The molecule has 0 amide bonds. The van der Waals surface area contributed by atoms with Crippen molar-refractivity contribution in [3.63, 3.8) is 0 Å². The van der Waals surface area contributed by atoms with Crippen molar-refractivity contribution in [3.8, 4) is 5.75 Å². The smallest absolute Gasteiger partial charge is 0.150 e. The second kappa shape index (κ2) is 46.9. The lowest BCUT2D eigenvalue weighted by molar-refractivity contribution is -0.0277. The first-order valence-corrected chi connectivity index (χ1v) is 21.9. The molecule has 0 atom stereocenters. The summed E-state index contributed by atoms with van der Waals surface area (Å²) in [6, 6.07) is 6.95. The molecule has 0 radical (unpaired) electrons. The molecule has 0 saturated carbocycles. The van der Waals surface area contributed by atoms with Gasteiger partial charge < -0.3 is 56.8 Å². The number of rotatable bonds is 49. The molecule has 1 rings (SSSR count). The molecule has 0 saturated heterocycles. The Labute approximate surface area is 345 Å². The van der Waals surface area contributed by atoms with E-state index in [1.807, 2.05) is 0 Å². The fourth-order valence-electron chi connectivity index (χ4n) is 5.38. The molecule has 13 heteroatoms. The van der Waals surface area contributed by atoms with Crippen LogP contribution in [-0.2, 0) is 52.1 Å². The third-order valence-corrected chi connectivity index (χ3v) is 8.62. The Morgan fingerprint density at radius 3 is 0.842 bits per heavy atom. The molecule has 1 aromatic rings. The maximum absolute atomic E-state index is 10.7. The molecule has 0 aliphatic rings. The molecule has 13 nitrogen and oxygen atoms in total. The molecule has 0 spiro atoms. The Balaban J connectivity index is 1.61. The number of carbonyl (C=O) groups excluding carboxylic acids is 1. The first-order valence-electron chi connectivity index (χ1n) is 21.9. The number of hydrogen-bond donors (Lipinski definition) is 0. The summed E-state index contributed by atoms with van der Waals surface area (Å²) in [5, 5.41) is 0. The Morgan fingerprint density at radius 1 is 0.316 bits per heavy atom. The number of unbranched alkanes of at least 4 members (excludes halogenated alkanes) is 12. The van der Waals surface area contributed by atoms with E-state index in [4.69, 9.17) is 56.8 Å². The normalized spacial score (nSPS) is 11.5. The van der Waals surface area contributed by atoms with Gasteiger partial charge in [-0.2, -0.15) is 0 Å². The second-order valence-corrected chi connectivity index (χ2v) is 13.5. The Hall–Kier alpha value is -1.75. The predicted octanol–water partition coefficient (Wildman–Crippen LogP) is 7.15. The van der Waals surface area contributed by atoms with Gasteiger partial charge in [0.1, 0.15) is 18.6 Å². The molecule has 1 aromatic carbocycles. The number of carbonyl (C=O) groups is 1. The second-order valence-electron chi connectivity index (χ2n) is 13.5. The lowest BCUT2D eigenvalue weighted by Gasteiger charge is -2.09. The van der Waals surface area contributed by atoms with Crippen molar-refractivity contribution in [1.82, 2.24) is 0 Å². The van der Waals surface area contributed by atoms with Gasteiger partial charge in [-0.15, -0.1) is 0 Å². The van der Waals surface area contributed by atoms with Crippen LogP contribution in [0.3, 0.4) is 0 Å². The molecule has 57 heavy (non-hydrogen) atoms. The van der Waals surface area contributed by atoms with Crippen LogP contribution in [-0.4, -0.2) is 158 Å². The summed E-state index contributed by atoms with van der Waals surface area (Å²) in [7, 11) is 0. The van der Waals surface area contributed by atoms with Gasteiger partial charge in [-0.1, -0.05) is 84.0 Å². The molecule has 0 aromatic heterocycles. The van der Waals surface area contributed by atoms with Crippen LogP contribution in [0, 0.1) is 0 Å². The molecular weight excluding hydrogens is 736 g/mol. The molecule has 0 unspecified atom stereocenters. The minimum Gasteiger partial charge on any atom is -0.491 e. The van der Waals surface area contributed by atoms with Crippen LogP contribution in [0.5, 0.6) is 5.75 Å². The van der Waals surface area contributed by atoms with Crippen molar-refractivity contribution in [2.45, 2.75) is 90.4 Å². The first kappa shape index (κ1) is 53.3. The molecule has 0 bridgehead atoms. The molecule has 0 fully saturated rings. The number of hydrogen-bond acceptors (Lipinski definition) is 13. The van der Waals surface area contributed by atoms with E-state index in [0.29, 0.717) is 157 Å². The standard InChI is InChI=1S/C44H80O13/c1-2-3-4-5-6-7-8-9-10-11-12-13-14-19-46-20-21-47-22-23-48-24-25-49-26-27-50-28-29-51-30-31-52-32-33-53-34-35-54-36-37-55-38-39-56-40-41-57-44-17-15-43(42-45)16-18-44/h15-18,42H,2-14,19-41H2,1H3. The van der Waals surface area contributed by atoms with Crippen molar-refractivity contribution < 1.29 is 61.6 Å². The first-order chi connectivity index (χ1) is 28.4. The van der Waals surface area contributed by atoms with Crippen LogP contribution in [0.2, 0.25) is 0 Å². The van der Waals surface area contributed by atoms with Crippen molar-refractivity contribution in [1.29, 1.82) is 0 Å². The fraction of sp³-hybridized carbons (Fsp3) is 0.841. The van der Waals surface area contributed by atoms with Crippen LogP contribution in [0.4, 0.5) is 0 Å². The number of ether oxygens (including phenoxy) is 12. The average Bonchev–Trinajstić information content (AvgIpc) is 3.23. The molecular formula is C44H80O13. The van der Waals surface area contributed by atoms with E-state index in [2.05, 4.69) is 6.92 Å². The summed E-state index contributed by atoms with van der Waals surface area (Å²) < 4.78 is 66.4. The molecule has 0 aliphatic heterocycles. The quantitative estimate of drug-likeness (QED) is 0.0489. The molecule has 0 heterocycles. The van der Waals surface area contributed by atoms with Crippen molar-refractivity contribution >= 4 is 6.29 Å². The van der Waals surface area contributed by atoms with Crippen LogP contribution in [0.15, 0.2) is 24.3 Å². The van der Waals surface area contributed by atoms with Gasteiger partial charge >= 0.3 is 0 Å². The van der Waals surface area contributed by atoms with E-state index >= 15 is 0 Å². The molecule has 0 N–H and O–H groups in total. The zero-order valence-corrected chi connectivity index (χ0v) is 35.6. The number of aldehydes is 1. The van der Waals surface area contributed by atoms with Gasteiger partial charge in [0.2, 0.25) is 0 Å². The van der Waals surface area contributed by atoms with Crippen LogP contribution in [0.25, 0.3) is 0 Å². The summed E-state index contributed by atoms with van der Waals surface area (Å²) in [5.41, 5.74) is 0.620. The van der Waals surface area contributed by atoms with Gasteiger partial charge in [0.05, 0.1) is 139 Å². The van der Waals surface area contributed by atoms with Gasteiger partial charge in [0.25, 0.3) is 0 Å². The van der Waals surface area contributed by atoms with E-state index in [0.717, 1.165) is 19.3 Å². The van der Waals surface area contributed by atoms with Gasteiger partial charge in [0, 0.05) is 12.2 Å². The lowest BCUT2D eigenvalue weighted by atomic mass is 10.0. The lowest BCUT2D eigenvalue weighted by Crippen LogP contribution is -2.15. The van der Waals surface area contributed by atoms with Crippen molar-refractivity contribution in [2.24, 2.45) is 0 Å². The predicted molar refractivity (Wildman–Crippen MR) is 222 cm³/mol. The third-order valence-electron chi connectivity index (χ3n) is 8.62. The number of benzene rings is 1. The van der Waals surface area contributed by atoms with Crippen LogP contribution < -0.4 is 4.74 Å². The highest BCUT2D eigenvalue weighted by Crippen LogP contribution is 2.13. The summed E-state index contributed by atoms with van der Waals surface area (Å²) >= 11 is 0. The van der Waals surface area contributed by atoms with Gasteiger partial charge in [-0.25, -0.2) is 0 Å². The van der Waals surface area contributed by atoms with Crippen molar-refractivity contribution in [2.75, 3.05) is 152 Å². The van der Waals surface area contributed by atoms with E-state index in [1.54, 1.807) is 24.3 Å². The van der Waals surface area contributed by atoms with Crippen LogP contribution in [0.1, 0.15) is 101 Å². The van der Waals surface area contributed by atoms with Gasteiger partial charge in [-0.3, -0.25) is 4.79 Å². The minimum absolute atomic E-state index is 0.432. The Morgan fingerprint density at radius 2 is 0.561 bits per heavy atom. The molecule has 0 aliphatic carbocycles. The summed E-state index contributed by atoms with van der Waals surface area (Å²) in [6.45, 7) is 14.5. The van der Waals surface area contributed by atoms with E-state index < -0.39 is 0 Å². The monoisotopic (exact) mass is 817 g/mol. The zero-order chi connectivity index (χ0) is 40.6. The maximum Gasteiger partial charge on any atom is 0.150 e. The Kier molecular flexibility index (Phi) is 43.9. The fourth-order valence-corrected chi connectivity index (χ4v) is 5.38. The minimum atomic E-state index is 0.432. The largest absolute Gasteiger partial charge is 0.491 e. The highest BCUT2D eigenvalue weighted by molar-refractivity contribution is 5.74. The van der Waals surface area contributed by atoms with Crippen molar-refractivity contribution in [3.05, 3.63) is 29.8 Å². The van der Waals surface area contributed by atoms with E-state index in [-0.39, 0.29) is 0 Å². The highest BCUT2D eigenvalue weighted by atomic mass is 16.6. The Bertz CT molecular complexity index is 909. The summed E-state index contributed by atoms with van der Waals surface area (Å²) in [6.07, 6.45) is 18.6.